The minimum absolute atomic E-state index is 0.0131. The molecule has 0 radical (unpaired) electrons. The molecular weight excluding hydrogens is 378 g/mol. The van der Waals surface area contributed by atoms with E-state index in [1.165, 1.54) is 0 Å². The van der Waals surface area contributed by atoms with Crippen LogP contribution >= 0.6 is 11.6 Å². The van der Waals surface area contributed by atoms with Gasteiger partial charge >= 0.3 is 0 Å². The fourth-order valence-electron chi connectivity index (χ4n) is 2.98. The minimum Gasteiger partial charge on any atom is -0.476 e. The second-order valence-electron chi connectivity index (χ2n) is 6.45. The van der Waals surface area contributed by atoms with Crippen molar-refractivity contribution >= 4 is 28.5 Å². The highest BCUT2D eigenvalue weighted by molar-refractivity contribution is 6.31. The summed E-state index contributed by atoms with van der Waals surface area (Å²) in [7, 11) is 0. The molecule has 0 aliphatic carbocycles. The van der Waals surface area contributed by atoms with Crippen LogP contribution in [0.3, 0.4) is 0 Å². The van der Waals surface area contributed by atoms with E-state index in [9.17, 15) is 9.59 Å². The third-order valence-electron chi connectivity index (χ3n) is 4.58. The Hall–Kier alpha value is -2.79. The smallest absolute Gasteiger partial charge is 0.260 e. The first-order chi connectivity index (χ1) is 13.4. The number of ether oxygens (including phenoxy) is 1. The first-order valence-electron chi connectivity index (χ1n) is 9.18. The molecule has 0 N–H and O–H groups in total. The molecule has 1 amide bonds. The van der Waals surface area contributed by atoms with E-state index >= 15 is 0 Å². The van der Waals surface area contributed by atoms with Crippen molar-refractivity contribution in [2.75, 3.05) is 19.7 Å². The fraction of sp³-hybridized carbons (Fsp3) is 0.273. The average Bonchev–Trinajstić information content (AvgIpc) is 2.69. The third-order valence-corrected chi connectivity index (χ3v) is 4.82. The summed E-state index contributed by atoms with van der Waals surface area (Å²) in [5.41, 5.74) is 1.83. The van der Waals surface area contributed by atoms with Gasteiger partial charge in [0.2, 0.25) is 11.2 Å². The minimum atomic E-state index is -0.355. The maximum atomic E-state index is 13.1. The average molecular weight is 400 g/mol. The van der Waals surface area contributed by atoms with E-state index in [1.54, 1.807) is 23.1 Å². The van der Waals surface area contributed by atoms with E-state index in [2.05, 4.69) is 0 Å². The molecule has 3 aromatic rings. The predicted molar refractivity (Wildman–Crippen MR) is 111 cm³/mol. The van der Waals surface area contributed by atoms with E-state index in [0.29, 0.717) is 40.4 Å². The molecule has 2 aromatic carbocycles. The molecule has 5 nitrogen and oxygen atoms in total. The van der Waals surface area contributed by atoms with Crippen LogP contribution in [0, 0.1) is 6.92 Å². The van der Waals surface area contributed by atoms with Gasteiger partial charge in [-0.05, 0) is 39.0 Å². The van der Waals surface area contributed by atoms with Crippen LogP contribution in [0.1, 0.15) is 19.4 Å². The van der Waals surface area contributed by atoms with E-state index in [1.807, 2.05) is 45.0 Å². The lowest BCUT2D eigenvalue weighted by atomic mass is 10.1. The molecular formula is C22H22ClNO4. The zero-order valence-corrected chi connectivity index (χ0v) is 16.9. The molecule has 3 rings (SSSR count). The zero-order valence-electron chi connectivity index (χ0n) is 16.1. The highest BCUT2D eigenvalue weighted by Crippen LogP contribution is 2.32. The summed E-state index contributed by atoms with van der Waals surface area (Å²) in [4.78, 5) is 27.1. The molecule has 0 atom stereocenters. The van der Waals surface area contributed by atoms with Crippen LogP contribution in [0.2, 0.25) is 5.02 Å². The van der Waals surface area contributed by atoms with Crippen molar-refractivity contribution in [3.05, 3.63) is 63.3 Å². The molecule has 0 aliphatic rings. The van der Waals surface area contributed by atoms with Gasteiger partial charge in [-0.1, -0.05) is 41.4 Å². The van der Waals surface area contributed by atoms with Crippen LogP contribution in [-0.2, 0) is 4.79 Å². The summed E-state index contributed by atoms with van der Waals surface area (Å²) < 4.78 is 11.7. The molecule has 0 bridgehead atoms. The normalized spacial score (nSPS) is 10.9. The SMILES string of the molecule is CCN(CC)C(=O)COc1c(-c2ccc(C)cc2)oc2ccc(Cl)cc2c1=O. The van der Waals surface area contributed by atoms with Gasteiger partial charge in [0.1, 0.15) is 5.58 Å². The molecule has 0 saturated carbocycles. The molecule has 1 heterocycles. The van der Waals surface area contributed by atoms with Gasteiger partial charge in [-0.3, -0.25) is 9.59 Å². The molecule has 28 heavy (non-hydrogen) atoms. The molecule has 0 spiro atoms. The number of nitrogens with zero attached hydrogens (tertiary/aromatic N) is 1. The molecule has 0 aliphatic heterocycles. The van der Waals surface area contributed by atoms with Crippen LogP contribution in [0.5, 0.6) is 5.75 Å². The van der Waals surface area contributed by atoms with E-state index in [4.69, 9.17) is 20.8 Å². The van der Waals surface area contributed by atoms with Gasteiger partial charge in [-0.25, -0.2) is 0 Å². The number of aryl methyl sites for hydroxylation is 1. The molecule has 0 fully saturated rings. The first kappa shape index (κ1) is 20.0. The molecule has 6 heteroatoms. The fourth-order valence-corrected chi connectivity index (χ4v) is 3.15. The quantitative estimate of drug-likeness (QED) is 0.604. The van der Waals surface area contributed by atoms with Crippen LogP contribution in [0.25, 0.3) is 22.3 Å². The highest BCUT2D eigenvalue weighted by Gasteiger charge is 2.20. The number of halogens is 1. The Morgan fingerprint density at radius 2 is 1.79 bits per heavy atom. The van der Waals surface area contributed by atoms with Gasteiger partial charge in [-0.15, -0.1) is 0 Å². The summed E-state index contributed by atoms with van der Waals surface area (Å²) in [6, 6.07) is 12.4. The van der Waals surface area contributed by atoms with Gasteiger partial charge in [-0.2, -0.15) is 0 Å². The lowest BCUT2D eigenvalue weighted by Gasteiger charge is -2.19. The summed E-state index contributed by atoms with van der Waals surface area (Å²) in [5.74, 6) is 0.122. The summed E-state index contributed by atoms with van der Waals surface area (Å²) in [5, 5.41) is 0.738. The van der Waals surface area contributed by atoms with Gasteiger partial charge in [0.05, 0.1) is 5.39 Å². The van der Waals surface area contributed by atoms with Crippen LogP contribution in [-0.4, -0.2) is 30.5 Å². The number of hydrogen-bond acceptors (Lipinski definition) is 4. The van der Waals surface area contributed by atoms with E-state index in [-0.39, 0.29) is 23.7 Å². The summed E-state index contributed by atoms with van der Waals surface area (Å²) in [6.45, 7) is 6.67. The number of carbonyl (C=O) groups is 1. The lowest BCUT2D eigenvalue weighted by molar-refractivity contribution is -0.132. The number of rotatable bonds is 6. The van der Waals surface area contributed by atoms with Crippen LogP contribution in [0.15, 0.2) is 51.7 Å². The monoisotopic (exact) mass is 399 g/mol. The van der Waals surface area contributed by atoms with E-state index in [0.717, 1.165) is 5.56 Å². The van der Waals surface area contributed by atoms with Gasteiger partial charge < -0.3 is 14.1 Å². The second-order valence-corrected chi connectivity index (χ2v) is 6.89. The number of carbonyl (C=O) groups excluding carboxylic acids is 1. The molecule has 0 unspecified atom stereocenters. The summed E-state index contributed by atoms with van der Waals surface area (Å²) in [6.07, 6.45) is 0. The van der Waals surface area contributed by atoms with Crippen LogP contribution in [0.4, 0.5) is 0 Å². The number of benzene rings is 2. The van der Waals surface area contributed by atoms with Crippen molar-refractivity contribution in [2.45, 2.75) is 20.8 Å². The van der Waals surface area contributed by atoms with E-state index < -0.39 is 0 Å². The first-order valence-corrected chi connectivity index (χ1v) is 9.56. The zero-order chi connectivity index (χ0) is 20.3. The Morgan fingerprint density at radius 3 is 2.43 bits per heavy atom. The van der Waals surface area contributed by atoms with Crippen molar-refractivity contribution in [3.8, 4) is 17.1 Å². The molecule has 1 aromatic heterocycles. The van der Waals surface area contributed by atoms with Crippen molar-refractivity contribution in [2.24, 2.45) is 0 Å². The Morgan fingerprint density at radius 1 is 1.11 bits per heavy atom. The maximum absolute atomic E-state index is 13.1. The van der Waals surface area contributed by atoms with Crippen molar-refractivity contribution in [3.63, 3.8) is 0 Å². The topological polar surface area (TPSA) is 59.8 Å². The maximum Gasteiger partial charge on any atom is 0.260 e. The standard InChI is InChI=1S/C22H22ClNO4/c1-4-24(5-2)19(25)13-27-22-20(26)17-12-16(23)10-11-18(17)28-21(22)15-8-6-14(3)7-9-15/h6-12H,4-5,13H2,1-3H3. The Kier molecular flexibility index (Phi) is 6.05. The highest BCUT2D eigenvalue weighted by atomic mass is 35.5. The Labute approximate surface area is 168 Å². The Bertz CT molecular complexity index is 1050. The molecule has 146 valence electrons. The summed E-state index contributed by atoms with van der Waals surface area (Å²) >= 11 is 6.04. The van der Waals surface area contributed by atoms with Gasteiger partial charge in [0.25, 0.3) is 5.91 Å². The number of hydrogen-bond donors (Lipinski definition) is 0. The van der Waals surface area contributed by atoms with Gasteiger partial charge in [0.15, 0.2) is 12.4 Å². The Balaban J connectivity index is 2.10. The second kappa shape index (κ2) is 8.48. The largest absolute Gasteiger partial charge is 0.476 e. The lowest BCUT2D eigenvalue weighted by Crippen LogP contribution is -2.35. The van der Waals surface area contributed by atoms with Crippen molar-refractivity contribution in [1.29, 1.82) is 0 Å². The number of likely N-dealkylation sites (N-methyl/N-ethyl adjacent to an activating group) is 1. The third kappa shape index (κ3) is 4.04. The predicted octanol–water partition coefficient (Wildman–Crippen LogP) is 4.67. The van der Waals surface area contributed by atoms with Crippen molar-refractivity contribution < 1.29 is 13.9 Å². The van der Waals surface area contributed by atoms with Crippen molar-refractivity contribution in [1.82, 2.24) is 4.90 Å². The number of fused-ring (bicyclic) bond motifs is 1. The molecule has 0 saturated heterocycles. The number of amides is 1. The van der Waals surface area contributed by atoms with Gasteiger partial charge in [0, 0.05) is 23.7 Å². The van der Waals surface area contributed by atoms with Crippen LogP contribution < -0.4 is 10.2 Å².